The molecule has 1 aliphatic heterocycles. The van der Waals surface area contributed by atoms with Crippen LogP contribution in [0, 0.1) is 6.57 Å². The van der Waals surface area contributed by atoms with Crippen LogP contribution < -0.4 is 9.47 Å². The molecule has 0 bridgehead atoms. The van der Waals surface area contributed by atoms with Crippen LogP contribution in [0.2, 0.25) is 0 Å². The number of thioether (sulfide) groups is 2. The smallest absolute Gasteiger partial charge is 0.337 e. The van der Waals surface area contributed by atoms with Crippen LogP contribution in [0.4, 0.5) is 0 Å². The van der Waals surface area contributed by atoms with Gasteiger partial charge in [0.15, 0.2) is 0 Å². The van der Waals surface area contributed by atoms with E-state index in [2.05, 4.69) is 18.0 Å². The number of hydrogen-bond acceptors (Lipinski definition) is 14. The van der Waals surface area contributed by atoms with E-state index in [0.717, 1.165) is 12.2 Å². The molecule has 1 aromatic rings. The van der Waals surface area contributed by atoms with Crippen LogP contribution in [0.5, 0.6) is 11.5 Å². The van der Waals surface area contributed by atoms with E-state index in [1.54, 1.807) is 12.1 Å². The lowest BCUT2D eigenvalue weighted by Gasteiger charge is -2.14. The van der Waals surface area contributed by atoms with Crippen LogP contribution in [0.1, 0.15) is 0 Å². The second kappa shape index (κ2) is 22.1. The maximum absolute atomic E-state index is 12.2. The summed E-state index contributed by atoms with van der Waals surface area (Å²) in [5.41, 5.74) is -0.124. The number of carbonyl (C=O) groups excluding carboxylic acids is 3. The molecule has 2 rings (SSSR count). The quantitative estimate of drug-likeness (QED) is 0.0560. The molecular weight excluding hydrogens is 618 g/mol. The first-order valence-electron chi connectivity index (χ1n) is 13.3. The third kappa shape index (κ3) is 13.4. The Morgan fingerprint density at radius 1 is 0.705 bits per heavy atom. The molecule has 0 spiro atoms. The molecule has 0 fully saturated rings. The van der Waals surface area contributed by atoms with Crippen LogP contribution in [-0.2, 0) is 47.5 Å². The van der Waals surface area contributed by atoms with Gasteiger partial charge in [-0.2, -0.15) is 0 Å². The summed E-state index contributed by atoms with van der Waals surface area (Å²) in [7, 11) is 1.22. The van der Waals surface area contributed by atoms with Crippen LogP contribution in [0.25, 0.3) is 4.85 Å². The monoisotopic (exact) mass is 653 g/mol. The maximum Gasteiger partial charge on any atom is 0.337 e. The predicted molar refractivity (Wildman–Crippen MR) is 160 cm³/mol. The molecule has 240 valence electrons. The van der Waals surface area contributed by atoms with Gasteiger partial charge in [0.25, 0.3) is 5.70 Å². The topological polar surface area (TPSA) is 139 Å². The summed E-state index contributed by atoms with van der Waals surface area (Å²) < 4.78 is 48.5. The number of carbonyl (C=O) groups is 3. The highest BCUT2D eigenvalue weighted by Gasteiger charge is 2.31. The van der Waals surface area contributed by atoms with E-state index in [1.165, 1.54) is 30.6 Å². The molecule has 0 aromatic heterocycles. The molecule has 0 N–H and O–H groups in total. The number of methoxy groups -OCH3 is 1. The number of esters is 3. The van der Waals surface area contributed by atoms with E-state index in [1.807, 2.05) is 0 Å². The summed E-state index contributed by atoms with van der Waals surface area (Å²) in [6.45, 7) is 17.2. The fourth-order valence-corrected chi connectivity index (χ4v) is 5.69. The van der Waals surface area contributed by atoms with E-state index in [-0.39, 0.29) is 45.3 Å². The molecule has 0 saturated heterocycles. The van der Waals surface area contributed by atoms with Crippen molar-refractivity contribution >= 4 is 41.4 Å². The van der Waals surface area contributed by atoms with Gasteiger partial charge in [0, 0.05) is 12.2 Å². The van der Waals surface area contributed by atoms with Gasteiger partial charge in [-0.15, -0.1) is 0 Å². The third-order valence-corrected chi connectivity index (χ3v) is 7.71. The van der Waals surface area contributed by atoms with Gasteiger partial charge < -0.3 is 42.6 Å². The van der Waals surface area contributed by atoms with Crippen LogP contribution in [0.15, 0.2) is 57.2 Å². The van der Waals surface area contributed by atoms with Crippen LogP contribution in [-0.4, -0.2) is 104 Å². The molecular formula is C29H35NO12S2. The SMILES string of the molecule is [C-]#[N+]C(C(=O)OC)=C1Sc2c(OCCOCCOCCOC(=O)C=C)ccc(OCCOCCOCCOC(=O)C=C)c2S1. The number of ether oxygens (including phenoxy) is 9. The number of hydrogen-bond donors (Lipinski definition) is 0. The van der Waals surface area contributed by atoms with Gasteiger partial charge >= 0.3 is 17.9 Å². The molecule has 44 heavy (non-hydrogen) atoms. The van der Waals surface area contributed by atoms with Gasteiger partial charge in [-0.1, -0.05) is 36.7 Å². The largest absolute Gasteiger partial charge is 0.490 e. The zero-order valence-electron chi connectivity index (χ0n) is 24.4. The standard InChI is InChI=1S/C29H35NO12S2/c1-5-23(31)41-19-15-37-11-9-35-13-17-39-21-7-8-22(27-26(21)43-29(44-27)25(30-3)28(33)34-4)40-18-14-36-10-12-38-16-20-42-24(32)6-2/h5-8H,1-2,9-20H2,4H3. The summed E-state index contributed by atoms with van der Waals surface area (Å²) in [4.78, 5) is 38.9. The minimum absolute atomic E-state index is 0.124. The minimum Gasteiger partial charge on any atom is -0.490 e. The lowest BCUT2D eigenvalue weighted by Crippen LogP contribution is -2.14. The van der Waals surface area contributed by atoms with Crippen LogP contribution >= 0.6 is 23.5 Å². The first-order valence-corrected chi connectivity index (χ1v) is 15.0. The van der Waals surface area contributed by atoms with Gasteiger partial charge in [0.2, 0.25) is 0 Å². The Kier molecular flexibility index (Phi) is 18.4. The minimum atomic E-state index is -0.725. The third-order valence-electron chi connectivity index (χ3n) is 5.11. The van der Waals surface area contributed by atoms with Crippen molar-refractivity contribution in [2.75, 3.05) is 86.4 Å². The highest BCUT2D eigenvalue weighted by atomic mass is 32.2. The zero-order chi connectivity index (χ0) is 32.0. The van der Waals surface area contributed by atoms with E-state index in [9.17, 15) is 14.4 Å². The van der Waals surface area contributed by atoms with Crippen molar-refractivity contribution in [1.29, 1.82) is 0 Å². The average Bonchev–Trinajstić information content (AvgIpc) is 3.48. The Labute approximate surface area is 264 Å². The van der Waals surface area contributed by atoms with Crippen LogP contribution in [0.3, 0.4) is 0 Å². The Balaban J connectivity index is 1.84. The van der Waals surface area contributed by atoms with E-state index in [0.29, 0.717) is 65.2 Å². The summed E-state index contributed by atoms with van der Waals surface area (Å²) in [6, 6.07) is 3.50. The second-order valence-electron chi connectivity index (χ2n) is 8.05. The van der Waals surface area contributed by atoms with Crippen molar-refractivity contribution in [1.82, 2.24) is 0 Å². The van der Waals surface area contributed by atoms with Crippen molar-refractivity contribution < 1.29 is 57.0 Å². The maximum atomic E-state index is 12.2. The molecule has 0 unspecified atom stereocenters. The van der Waals surface area contributed by atoms with Crippen molar-refractivity contribution in [2.24, 2.45) is 0 Å². The van der Waals surface area contributed by atoms with Crippen molar-refractivity contribution in [2.45, 2.75) is 9.79 Å². The van der Waals surface area contributed by atoms with E-state index >= 15 is 0 Å². The van der Waals surface area contributed by atoms with Crippen molar-refractivity contribution in [3.05, 3.63) is 58.8 Å². The number of nitrogens with zero attached hydrogens (tertiary/aromatic N) is 1. The van der Waals surface area contributed by atoms with Gasteiger partial charge in [0.05, 0.1) is 80.6 Å². The highest BCUT2D eigenvalue weighted by molar-refractivity contribution is 8.24. The zero-order valence-corrected chi connectivity index (χ0v) is 26.0. The fourth-order valence-electron chi connectivity index (χ4n) is 3.11. The van der Waals surface area contributed by atoms with Gasteiger partial charge in [-0.25, -0.2) is 14.4 Å². The molecule has 15 heteroatoms. The fraction of sp³-hybridized carbons (Fsp3) is 0.448. The normalized spacial score (nSPS) is 11.6. The van der Waals surface area contributed by atoms with Crippen molar-refractivity contribution in [3.8, 4) is 11.5 Å². The molecule has 0 atom stereocenters. The molecule has 0 aliphatic carbocycles. The molecule has 0 radical (unpaired) electrons. The van der Waals surface area contributed by atoms with Gasteiger partial charge in [-0.3, -0.25) is 4.79 Å². The summed E-state index contributed by atoms with van der Waals surface area (Å²) in [6.07, 6.45) is 2.17. The second-order valence-corrected chi connectivity index (χ2v) is 10.4. The highest BCUT2D eigenvalue weighted by Crippen LogP contribution is 2.59. The summed E-state index contributed by atoms with van der Waals surface area (Å²) >= 11 is 2.46. The molecule has 1 aliphatic rings. The number of fused-ring (bicyclic) bond motifs is 1. The summed E-state index contributed by atoms with van der Waals surface area (Å²) in [5.74, 6) is -0.637. The molecule has 1 heterocycles. The Bertz CT molecular complexity index is 1130. The van der Waals surface area contributed by atoms with Crippen molar-refractivity contribution in [3.63, 3.8) is 0 Å². The summed E-state index contributed by atoms with van der Waals surface area (Å²) in [5, 5.41) is 0. The van der Waals surface area contributed by atoms with Gasteiger partial charge in [-0.05, 0) is 12.1 Å². The van der Waals surface area contributed by atoms with Gasteiger partial charge in [0.1, 0.15) is 37.9 Å². The van der Waals surface area contributed by atoms with E-state index < -0.39 is 17.9 Å². The lowest BCUT2D eigenvalue weighted by molar-refractivity contribution is -0.140. The first-order chi connectivity index (χ1) is 21.4. The predicted octanol–water partition coefficient (Wildman–Crippen LogP) is 3.43. The Morgan fingerprint density at radius 2 is 1.09 bits per heavy atom. The Hall–Kier alpha value is -3.52. The molecule has 1 aromatic carbocycles. The molecule has 0 amide bonds. The first kappa shape index (κ1) is 36.7. The number of benzene rings is 1. The lowest BCUT2D eigenvalue weighted by atomic mass is 10.3. The molecule has 13 nitrogen and oxygen atoms in total. The average molecular weight is 654 g/mol. The number of rotatable bonds is 23. The Morgan fingerprint density at radius 3 is 1.45 bits per heavy atom. The molecule has 0 saturated carbocycles. The van der Waals surface area contributed by atoms with E-state index in [4.69, 9.17) is 49.2 Å².